The van der Waals surface area contributed by atoms with Gasteiger partial charge in [-0.05, 0) is 42.5 Å². The minimum Gasteiger partial charge on any atom is -0.465 e. The van der Waals surface area contributed by atoms with Crippen molar-refractivity contribution in [2.24, 2.45) is 0 Å². The standard InChI is InChI=1S/C20H17ClN2O4/c1-26-19(24)15-7-3-4-12-23(18(15)20(25)27-2)17-13-14(8-9-16(17)21)22-10-5-6-11-22/h3-13H,1-2H3. The fourth-order valence-corrected chi connectivity index (χ4v) is 2.91. The Balaban J connectivity index is 2.20. The number of halogens is 1. The molecule has 0 N–H and O–H groups in total. The summed E-state index contributed by atoms with van der Waals surface area (Å²) in [5, 5.41) is 0.406. The van der Waals surface area contributed by atoms with Crippen LogP contribution in [0, 0.1) is 0 Å². The number of ether oxygens (including phenoxy) is 2. The van der Waals surface area contributed by atoms with E-state index in [9.17, 15) is 9.59 Å². The number of methoxy groups -OCH3 is 2. The van der Waals surface area contributed by atoms with Gasteiger partial charge in [-0.3, -0.25) is 0 Å². The molecule has 7 heteroatoms. The molecule has 6 nitrogen and oxygen atoms in total. The van der Waals surface area contributed by atoms with Gasteiger partial charge < -0.3 is 18.9 Å². The van der Waals surface area contributed by atoms with E-state index in [1.807, 2.05) is 41.2 Å². The minimum atomic E-state index is -0.686. The van der Waals surface area contributed by atoms with E-state index in [1.165, 1.54) is 25.2 Å². The highest BCUT2D eigenvalue weighted by atomic mass is 35.5. The molecule has 0 atom stereocenters. The van der Waals surface area contributed by atoms with Crippen LogP contribution in [0.15, 0.2) is 78.4 Å². The van der Waals surface area contributed by atoms with E-state index in [1.54, 1.807) is 24.4 Å². The van der Waals surface area contributed by atoms with Gasteiger partial charge in [-0.1, -0.05) is 17.7 Å². The third-order valence-electron chi connectivity index (χ3n) is 3.98. The zero-order valence-corrected chi connectivity index (χ0v) is 15.5. The van der Waals surface area contributed by atoms with E-state index in [-0.39, 0.29) is 11.3 Å². The number of aromatic nitrogens is 1. The predicted molar refractivity (Wildman–Crippen MR) is 103 cm³/mol. The first-order valence-electron chi connectivity index (χ1n) is 8.04. The quantitative estimate of drug-likeness (QED) is 0.753. The number of esters is 2. The molecule has 1 aliphatic heterocycles. The van der Waals surface area contributed by atoms with Gasteiger partial charge in [-0.25, -0.2) is 9.59 Å². The van der Waals surface area contributed by atoms with Gasteiger partial charge in [0.1, 0.15) is 5.70 Å². The topological polar surface area (TPSA) is 60.8 Å². The molecule has 27 heavy (non-hydrogen) atoms. The molecule has 1 aromatic carbocycles. The van der Waals surface area contributed by atoms with Crippen LogP contribution in [0.5, 0.6) is 0 Å². The molecule has 0 unspecified atom stereocenters. The summed E-state index contributed by atoms with van der Waals surface area (Å²) in [6.45, 7) is 0. The maximum atomic E-state index is 12.5. The van der Waals surface area contributed by atoms with Crippen molar-refractivity contribution >= 4 is 29.2 Å². The van der Waals surface area contributed by atoms with Crippen molar-refractivity contribution in [1.82, 2.24) is 4.57 Å². The Morgan fingerprint density at radius 2 is 1.70 bits per heavy atom. The summed E-state index contributed by atoms with van der Waals surface area (Å²) in [7, 11) is 2.50. The van der Waals surface area contributed by atoms with E-state index in [4.69, 9.17) is 21.1 Å². The number of hydrogen-bond acceptors (Lipinski definition) is 5. The Labute approximate surface area is 161 Å². The van der Waals surface area contributed by atoms with E-state index in [2.05, 4.69) is 0 Å². The van der Waals surface area contributed by atoms with Crippen LogP contribution in [-0.4, -0.2) is 30.7 Å². The van der Waals surface area contributed by atoms with Crippen LogP contribution in [0.4, 0.5) is 5.69 Å². The molecule has 0 bridgehead atoms. The third-order valence-corrected chi connectivity index (χ3v) is 4.30. The smallest absolute Gasteiger partial charge is 0.355 e. The highest BCUT2D eigenvalue weighted by molar-refractivity contribution is 6.33. The normalized spacial score (nSPS) is 13.5. The largest absolute Gasteiger partial charge is 0.465 e. The molecule has 2 aromatic rings. The molecule has 0 saturated heterocycles. The molecule has 0 spiro atoms. The van der Waals surface area contributed by atoms with Crippen LogP contribution in [0.2, 0.25) is 5.02 Å². The van der Waals surface area contributed by atoms with E-state index in [0.29, 0.717) is 10.7 Å². The Hall–Kier alpha value is -3.25. The second-order valence-electron chi connectivity index (χ2n) is 5.54. The molecule has 0 fully saturated rings. The Bertz CT molecular complexity index is 958. The fourth-order valence-electron chi connectivity index (χ4n) is 2.70. The summed E-state index contributed by atoms with van der Waals surface area (Å²) in [5.41, 5.74) is 1.44. The monoisotopic (exact) mass is 384 g/mol. The van der Waals surface area contributed by atoms with Gasteiger partial charge in [0.2, 0.25) is 0 Å². The van der Waals surface area contributed by atoms with Crippen molar-refractivity contribution < 1.29 is 19.1 Å². The summed E-state index contributed by atoms with van der Waals surface area (Å²) in [5.74, 6) is -1.34. The zero-order chi connectivity index (χ0) is 19.4. The Morgan fingerprint density at radius 3 is 2.37 bits per heavy atom. The molecule has 2 heterocycles. The molecule has 1 aliphatic rings. The Morgan fingerprint density at radius 1 is 1.00 bits per heavy atom. The van der Waals surface area contributed by atoms with Crippen molar-refractivity contribution in [3.63, 3.8) is 0 Å². The number of hydrogen-bond donors (Lipinski definition) is 0. The van der Waals surface area contributed by atoms with E-state index >= 15 is 0 Å². The second-order valence-corrected chi connectivity index (χ2v) is 5.95. The molecule has 0 aliphatic carbocycles. The lowest BCUT2D eigenvalue weighted by Crippen LogP contribution is -2.27. The maximum absolute atomic E-state index is 12.5. The summed E-state index contributed by atoms with van der Waals surface area (Å²) in [4.78, 5) is 26.3. The Kier molecular flexibility index (Phi) is 5.47. The summed E-state index contributed by atoms with van der Waals surface area (Å²) in [6.07, 6.45) is 10.3. The lowest BCUT2D eigenvalue weighted by molar-refractivity contribution is -0.139. The highest BCUT2D eigenvalue weighted by Gasteiger charge is 2.28. The van der Waals surface area contributed by atoms with Gasteiger partial charge in [0.25, 0.3) is 0 Å². The van der Waals surface area contributed by atoms with E-state index in [0.717, 1.165) is 5.69 Å². The van der Waals surface area contributed by atoms with Gasteiger partial charge in [0, 0.05) is 24.3 Å². The molecule has 138 valence electrons. The van der Waals surface area contributed by atoms with Crippen molar-refractivity contribution in [1.29, 1.82) is 0 Å². The zero-order valence-electron chi connectivity index (χ0n) is 14.8. The van der Waals surface area contributed by atoms with E-state index < -0.39 is 11.9 Å². The lowest BCUT2D eigenvalue weighted by Gasteiger charge is -2.24. The number of rotatable bonds is 4. The van der Waals surface area contributed by atoms with Gasteiger partial charge >= 0.3 is 11.9 Å². The van der Waals surface area contributed by atoms with Crippen molar-refractivity contribution in [2.45, 2.75) is 0 Å². The first kappa shape index (κ1) is 18.5. The molecular weight excluding hydrogens is 368 g/mol. The van der Waals surface area contributed by atoms with Gasteiger partial charge in [0.15, 0.2) is 0 Å². The van der Waals surface area contributed by atoms with Crippen LogP contribution >= 0.6 is 11.6 Å². The minimum absolute atomic E-state index is 0.0147. The number of benzene rings is 1. The van der Waals surface area contributed by atoms with Crippen LogP contribution in [0.3, 0.4) is 0 Å². The fraction of sp³-hybridized carbons (Fsp3) is 0.100. The average molecular weight is 385 g/mol. The molecule has 1 aromatic heterocycles. The molecule has 0 radical (unpaired) electrons. The van der Waals surface area contributed by atoms with Gasteiger partial charge in [-0.2, -0.15) is 0 Å². The SMILES string of the molecule is COC(=O)C1=C(C(=O)OC)N(c2cc(-n3cccc3)ccc2Cl)C=CC=C1. The average Bonchev–Trinajstić information content (AvgIpc) is 3.13. The first-order chi connectivity index (χ1) is 13.1. The van der Waals surface area contributed by atoms with Gasteiger partial charge in [-0.15, -0.1) is 0 Å². The maximum Gasteiger partial charge on any atom is 0.355 e. The van der Waals surface area contributed by atoms with Crippen molar-refractivity contribution in [2.75, 3.05) is 19.1 Å². The van der Waals surface area contributed by atoms with Crippen LogP contribution in [-0.2, 0) is 19.1 Å². The summed E-state index contributed by atoms with van der Waals surface area (Å²) < 4.78 is 11.6. The van der Waals surface area contributed by atoms with Crippen LogP contribution < -0.4 is 4.90 Å². The molecular formula is C20H17ClN2O4. The van der Waals surface area contributed by atoms with Gasteiger partial charge in [0.05, 0.1) is 30.5 Å². The second kappa shape index (κ2) is 7.97. The van der Waals surface area contributed by atoms with Crippen LogP contribution in [0.1, 0.15) is 0 Å². The molecule has 3 rings (SSSR count). The number of carbonyl (C=O) groups excluding carboxylic acids is 2. The summed E-state index contributed by atoms with van der Waals surface area (Å²) in [6, 6.07) is 9.20. The van der Waals surface area contributed by atoms with Crippen molar-refractivity contribution in [3.8, 4) is 5.69 Å². The molecule has 0 amide bonds. The van der Waals surface area contributed by atoms with Crippen molar-refractivity contribution in [3.05, 3.63) is 83.4 Å². The summed E-state index contributed by atoms with van der Waals surface area (Å²) >= 11 is 6.42. The van der Waals surface area contributed by atoms with Crippen LogP contribution in [0.25, 0.3) is 5.69 Å². The first-order valence-corrected chi connectivity index (χ1v) is 8.42. The lowest BCUT2D eigenvalue weighted by atomic mass is 10.1. The number of allylic oxidation sites excluding steroid dienone is 2. The third kappa shape index (κ3) is 3.66. The number of anilines is 1. The molecule has 0 saturated carbocycles. The predicted octanol–water partition coefficient (Wildman–Crippen LogP) is 3.62. The number of nitrogens with zero attached hydrogens (tertiary/aromatic N) is 2. The number of carbonyl (C=O) groups is 2. The highest BCUT2D eigenvalue weighted by Crippen LogP contribution is 2.34.